The van der Waals surface area contributed by atoms with Gasteiger partial charge in [0, 0.05) is 43.7 Å². The number of hydrogen-bond acceptors (Lipinski definition) is 6. The maximum Gasteiger partial charge on any atom is 0.229 e. The molecule has 2 heterocycles. The lowest BCUT2D eigenvalue weighted by Gasteiger charge is -2.30. The van der Waals surface area contributed by atoms with E-state index in [0.29, 0.717) is 18.5 Å². The van der Waals surface area contributed by atoms with Crippen molar-refractivity contribution >= 4 is 0 Å². The Labute approximate surface area is 142 Å². The molecule has 24 heavy (non-hydrogen) atoms. The molecule has 132 valence electrons. The van der Waals surface area contributed by atoms with E-state index in [-0.39, 0.29) is 0 Å². The van der Waals surface area contributed by atoms with Crippen LogP contribution in [0.1, 0.15) is 62.7 Å². The monoisotopic (exact) mass is 333 g/mol. The third-order valence-corrected chi connectivity index (χ3v) is 4.94. The number of rotatable bonds is 6. The molecule has 3 rings (SSSR count). The largest absolute Gasteiger partial charge is 0.384 e. The summed E-state index contributed by atoms with van der Waals surface area (Å²) in [5.41, 5.74) is -0.0719. The summed E-state index contributed by atoms with van der Waals surface area (Å²) in [5.74, 6) is 1.94. The van der Waals surface area contributed by atoms with Gasteiger partial charge in [0.05, 0.1) is 6.20 Å². The Kier molecular flexibility index (Phi) is 5.01. The van der Waals surface area contributed by atoms with Crippen LogP contribution in [-0.2, 0) is 19.1 Å². The first-order valence-electron chi connectivity index (χ1n) is 8.75. The van der Waals surface area contributed by atoms with Crippen molar-refractivity contribution in [3.8, 4) is 0 Å². The summed E-state index contributed by atoms with van der Waals surface area (Å²) in [6.45, 7) is 4.38. The summed E-state index contributed by atoms with van der Waals surface area (Å²) in [7, 11) is 1.86. The summed E-state index contributed by atoms with van der Waals surface area (Å²) < 4.78 is 7.09. The molecule has 2 aromatic rings. The highest BCUT2D eigenvalue weighted by Crippen LogP contribution is 2.32. The number of nitrogens with one attached hydrogen (secondary N) is 1. The van der Waals surface area contributed by atoms with Gasteiger partial charge < -0.3 is 14.9 Å². The van der Waals surface area contributed by atoms with Crippen LogP contribution in [0, 0.1) is 0 Å². The molecule has 0 aliphatic heterocycles. The second-order valence-electron chi connectivity index (χ2n) is 7.01. The quantitative estimate of drug-likeness (QED) is 0.839. The predicted molar refractivity (Wildman–Crippen MR) is 89.5 cm³/mol. The van der Waals surface area contributed by atoms with Crippen molar-refractivity contribution in [1.82, 2.24) is 25.2 Å². The van der Waals surface area contributed by atoms with Gasteiger partial charge in [0.15, 0.2) is 5.82 Å². The second kappa shape index (κ2) is 7.03. The summed E-state index contributed by atoms with van der Waals surface area (Å²) in [5, 5.41) is 22.3. The highest BCUT2D eigenvalue weighted by atomic mass is 16.5. The zero-order chi connectivity index (χ0) is 17.2. The Morgan fingerprint density at radius 2 is 2.12 bits per heavy atom. The fourth-order valence-corrected chi connectivity index (χ4v) is 3.27. The lowest BCUT2D eigenvalue weighted by molar-refractivity contribution is 0.0517. The Morgan fingerprint density at radius 1 is 1.38 bits per heavy atom. The predicted octanol–water partition coefficient (Wildman–Crippen LogP) is 1.89. The summed E-state index contributed by atoms with van der Waals surface area (Å²) in [6.07, 6.45) is 8.58. The molecule has 2 N–H and O–H groups in total. The van der Waals surface area contributed by atoms with E-state index in [1.54, 1.807) is 10.9 Å². The van der Waals surface area contributed by atoms with Crippen LogP contribution in [0.25, 0.3) is 0 Å². The second-order valence-corrected chi connectivity index (χ2v) is 7.01. The fraction of sp³-hybridized carbons (Fsp3) is 0.706. The molecule has 1 atom stereocenters. The number of nitrogens with zero attached hydrogens (tertiary/aromatic N) is 4. The van der Waals surface area contributed by atoms with Gasteiger partial charge in [0.1, 0.15) is 5.60 Å². The van der Waals surface area contributed by atoms with Crippen LogP contribution >= 0.6 is 0 Å². The van der Waals surface area contributed by atoms with Gasteiger partial charge in [-0.05, 0) is 32.6 Å². The van der Waals surface area contributed by atoms with Gasteiger partial charge in [0.2, 0.25) is 5.89 Å². The minimum absolute atomic E-state index is 0.370. The molecule has 1 aliphatic carbocycles. The molecule has 7 heteroatoms. The maximum absolute atomic E-state index is 10.6. The van der Waals surface area contributed by atoms with Gasteiger partial charge in [-0.3, -0.25) is 4.68 Å². The molecule has 0 saturated heterocycles. The van der Waals surface area contributed by atoms with Gasteiger partial charge in [-0.2, -0.15) is 10.1 Å². The van der Waals surface area contributed by atoms with Crippen molar-refractivity contribution in [2.75, 3.05) is 6.54 Å². The van der Waals surface area contributed by atoms with E-state index in [9.17, 15) is 5.11 Å². The lowest BCUT2D eigenvalue weighted by atomic mass is 9.85. The van der Waals surface area contributed by atoms with Crippen LogP contribution < -0.4 is 5.32 Å². The van der Waals surface area contributed by atoms with E-state index in [1.165, 1.54) is 0 Å². The third kappa shape index (κ3) is 3.84. The SMILES string of the molecule is CCc1noc(C2CCC(NCC(C)(O)c3cnn(C)c3)CC2)n1. The van der Waals surface area contributed by atoms with Crippen LogP contribution in [0.3, 0.4) is 0 Å². The molecule has 1 fully saturated rings. The molecule has 1 unspecified atom stereocenters. The molecule has 1 aliphatic rings. The Bertz CT molecular complexity index is 655. The van der Waals surface area contributed by atoms with Crippen molar-refractivity contribution in [1.29, 1.82) is 0 Å². The van der Waals surface area contributed by atoms with Crippen molar-refractivity contribution in [3.05, 3.63) is 29.7 Å². The van der Waals surface area contributed by atoms with E-state index in [0.717, 1.165) is 49.4 Å². The highest BCUT2D eigenvalue weighted by Gasteiger charge is 2.29. The first-order valence-corrected chi connectivity index (χ1v) is 8.75. The lowest BCUT2D eigenvalue weighted by Crippen LogP contribution is -2.42. The van der Waals surface area contributed by atoms with Crippen LogP contribution in [0.15, 0.2) is 16.9 Å². The third-order valence-electron chi connectivity index (χ3n) is 4.94. The van der Waals surface area contributed by atoms with Crippen molar-refractivity contribution in [2.45, 2.75) is 63.5 Å². The minimum Gasteiger partial charge on any atom is -0.384 e. The van der Waals surface area contributed by atoms with E-state index in [1.807, 2.05) is 27.1 Å². The number of aromatic nitrogens is 4. The molecular weight excluding hydrogens is 306 g/mol. The van der Waals surface area contributed by atoms with Gasteiger partial charge in [-0.1, -0.05) is 12.1 Å². The molecule has 2 aromatic heterocycles. The standard InChI is InChI=1S/C17H27N5O2/c1-4-15-20-16(24-21-15)12-5-7-14(8-6-12)18-11-17(2,23)13-9-19-22(3)10-13/h9-10,12,14,18,23H,4-8,11H2,1-3H3. The highest BCUT2D eigenvalue weighted by molar-refractivity contribution is 5.14. The normalized spacial score (nSPS) is 24.0. The topological polar surface area (TPSA) is 89.0 Å². The van der Waals surface area contributed by atoms with Crippen LogP contribution in [0.4, 0.5) is 0 Å². The van der Waals surface area contributed by atoms with Crippen LogP contribution in [-0.4, -0.2) is 37.6 Å². The minimum atomic E-state index is -0.909. The smallest absolute Gasteiger partial charge is 0.229 e. The summed E-state index contributed by atoms with van der Waals surface area (Å²) in [6, 6.07) is 0.415. The molecule has 0 radical (unpaired) electrons. The molecule has 0 bridgehead atoms. The van der Waals surface area contributed by atoms with Crippen molar-refractivity contribution in [3.63, 3.8) is 0 Å². The Hall–Kier alpha value is -1.73. The number of hydrogen-bond donors (Lipinski definition) is 2. The van der Waals surface area contributed by atoms with Crippen molar-refractivity contribution < 1.29 is 9.63 Å². The summed E-state index contributed by atoms with van der Waals surface area (Å²) >= 11 is 0. The van der Waals surface area contributed by atoms with Crippen molar-refractivity contribution in [2.24, 2.45) is 7.05 Å². The van der Waals surface area contributed by atoms with Gasteiger partial charge in [-0.15, -0.1) is 0 Å². The molecule has 7 nitrogen and oxygen atoms in total. The first kappa shape index (κ1) is 17.1. The van der Waals surface area contributed by atoms with E-state index >= 15 is 0 Å². The Balaban J connectivity index is 1.48. The first-order chi connectivity index (χ1) is 11.5. The van der Waals surface area contributed by atoms with Crippen LogP contribution in [0.2, 0.25) is 0 Å². The Morgan fingerprint density at radius 3 is 2.71 bits per heavy atom. The van der Waals surface area contributed by atoms with Gasteiger partial charge in [0.25, 0.3) is 0 Å². The van der Waals surface area contributed by atoms with Crippen LogP contribution in [0.5, 0.6) is 0 Å². The zero-order valence-corrected chi connectivity index (χ0v) is 14.7. The van der Waals surface area contributed by atoms with E-state index < -0.39 is 5.60 Å². The molecule has 0 aromatic carbocycles. The average molecular weight is 333 g/mol. The van der Waals surface area contributed by atoms with E-state index in [2.05, 4.69) is 20.6 Å². The fourth-order valence-electron chi connectivity index (χ4n) is 3.27. The molecule has 0 amide bonds. The molecule has 0 spiro atoms. The average Bonchev–Trinajstić information content (AvgIpc) is 3.23. The number of aliphatic hydroxyl groups is 1. The van der Waals surface area contributed by atoms with E-state index in [4.69, 9.17) is 4.52 Å². The summed E-state index contributed by atoms with van der Waals surface area (Å²) in [4.78, 5) is 4.46. The zero-order valence-electron chi connectivity index (χ0n) is 14.7. The number of aryl methyl sites for hydroxylation is 2. The molecule has 1 saturated carbocycles. The maximum atomic E-state index is 10.6. The van der Waals surface area contributed by atoms with Gasteiger partial charge in [-0.25, -0.2) is 0 Å². The van der Waals surface area contributed by atoms with Gasteiger partial charge >= 0.3 is 0 Å². The molecular formula is C17H27N5O2.